The van der Waals surface area contributed by atoms with Crippen molar-refractivity contribution < 1.29 is 19.3 Å². The number of methoxy groups -OCH3 is 1. The van der Waals surface area contributed by atoms with E-state index < -0.39 is 5.54 Å². The number of hydroxylamine groups is 1. The van der Waals surface area contributed by atoms with Gasteiger partial charge in [0.2, 0.25) is 0 Å². The van der Waals surface area contributed by atoms with Crippen molar-refractivity contribution >= 4 is 23.6 Å². The van der Waals surface area contributed by atoms with E-state index in [2.05, 4.69) is 5.48 Å². The number of anilines is 2. The van der Waals surface area contributed by atoms with E-state index >= 15 is 0 Å². The summed E-state index contributed by atoms with van der Waals surface area (Å²) in [5.41, 5.74) is 3.75. The number of aldehydes is 1. The summed E-state index contributed by atoms with van der Waals surface area (Å²) in [6.07, 6.45) is 6.20. The van der Waals surface area contributed by atoms with E-state index in [9.17, 15) is 9.59 Å². The number of esters is 1. The molecular weight excluding hydrogens is 284 g/mol. The highest BCUT2D eigenvalue weighted by Crippen LogP contribution is 2.44. The molecule has 6 heteroatoms. The van der Waals surface area contributed by atoms with Gasteiger partial charge < -0.3 is 4.74 Å². The predicted molar refractivity (Wildman–Crippen MR) is 81.5 cm³/mol. The average molecular weight is 304 g/mol. The lowest BCUT2D eigenvalue weighted by molar-refractivity contribution is -0.151. The standard InChI is InChI=1S/C16H20N2O4/c1-21-15(20)16(9-4-2-3-5-10-16)18-13-8-6-7-12(11-19)14(13)17-22-18/h6-8,11,17H,2-5,9-10H2,1H3. The summed E-state index contributed by atoms with van der Waals surface area (Å²) in [7, 11) is 1.40. The van der Waals surface area contributed by atoms with Gasteiger partial charge in [-0.05, 0) is 25.0 Å². The first-order valence-corrected chi connectivity index (χ1v) is 7.63. The average Bonchev–Trinajstić information content (AvgIpc) is 2.84. The van der Waals surface area contributed by atoms with E-state index in [1.807, 2.05) is 6.07 Å². The van der Waals surface area contributed by atoms with Gasteiger partial charge >= 0.3 is 5.97 Å². The lowest BCUT2D eigenvalue weighted by Gasteiger charge is -2.37. The zero-order chi connectivity index (χ0) is 15.6. The number of benzene rings is 1. The second-order valence-corrected chi connectivity index (χ2v) is 5.78. The molecule has 0 bridgehead atoms. The summed E-state index contributed by atoms with van der Waals surface area (Å²) in [4.78, 5) is 29.3. The maximum atomic E-state index is 12.6. The Bertz CT molecular complexity index is 580. The molecule has 1 aliphatic heterocycles. The fourth-order valence-corrected chi connectivity index (χ4v) is 3.39. The molecule has 3 rings (SSSR count). The Morgan fingerprint density at radius 1 is 1.32 bits per heavy atom. The number of rotatable bonds is 3. The van der Waals surface area contributed by atoms with Crippen LogP contribution in [0.25, 0.3) is 0 Å². The Kier molecular flexibility index (Phi) is 4.02. The van der Waals surface area contributed by atoms with Crippen molar-refractivity contribution in [3.8, 4) is 0 Å². The summed E-state index contributed by atoms with van der Waals surface area (Å²) in [5, 5.41) is 1.60. The molecule has 1 fully saturated rings. The van der Waals surface area contributed by atoms with E-state index in [1.54, 1.807) is 17.2 Å². The summed E-state index contributed by atoms with van der Waals surface area (Å²) >= 11 is 0. The number of nitrogens with zero attached hydrogens (tertiary/aromatic N) is 1. The molecule has 0 amide bonds. The minimum atomic E-state index is -0.842. The molecule has 0 spiro atoms. The molecule has 1 aliphatic carbocycles. The summed E-state index contributed by atoms with van der Waals surface area (Å²) in [6, 6.07) is 5.34. The molecule has 0 unspecified atom stereocenters. The van der Waals surface area contributed by atoms with Crippen LogP contribution < -0.4 is 10.5 Å². The molecule has 1 N–H and O–H groups in total. The highest BCUT2D eigenvalue weighted by Gasteiger charge is 2.49. The topological polar surface area (TPSA) is 67.9 Å². The van der Waals surface area contributed by atoms with Gasteiger partial charge in [-0.2, -0.15) is 4.94 Å². The zero-order valence-electron chi connectivity index (χ0n) is 12.6. The molecular formula is C16H20N2O4. The molecule has 0 radical (unpaired) electrons. The van der Waals surface area contributed by atoms with Crippen LogP contribution in [0.2, 0.25) is 0 Å². The number of carbonyl (C=O) groups excluding carboxylic acids is 2. The van der Waals surface area contributed by atoms with Crippen molar-refractivity contribution in [1.29, 1.82) is 0 Å². The number of hydrogen-bond donors (Lipinski definition) is 1. The molecule has 22 heavy (non-hydrogen) atoms. The summed E-state index contributed by atoms with van der Waals surface area (Å²) in [6.45, 7) is 0. The Morgan fingerprint density at radius 2 is 2.05 bits per heavy atom. The van der Waals surface area contributed by atoms with Crippen LogP contribution >= 0.6 is 0 Å². The molecule has 1 heterocycles. The van der Waals surface area contributed by atoms with E-state index in [1.165, 1.54) is 7.11 Å². The highest BCUT2D eigenvalue weighted by molar-refractivity contribution is 5.94. The first kappa shape index (κ1) is 14.8. The van der Waals surface area contributed by atoms with Gasteiger partial charge in [-0.15, -0.1) is 0 Å². The Balaban J connectivity index is 2.04. The monoisotopic (exact) mass is 304 g/mol. The Morgan fingerprint density at radius 3 is 2.68 bits per heavy atom. The maximum absolute atomic E-state index is 12.6. The van der Waals surface area contributed by atoms with Gasteiger partial charge in [0.05, 0.1) is 18.5 Å². The van der Waals surface area contributed by atoms with Crippen LogP contribution in [-0.4, -0.2) is 24.9 Å². The van der Waals surface area contributed by atoms with Crippen LogP contribution in [0.3, 0.4) is 0 Å². The van der Waals surface area contributed by atoms with Gasteiger partial charge in [0.15, 0.2) is 11.8 Å². The van der Waals surface area contributed by atoms with Gasteiger partial charge in [0, 0.05) is 5.56 Å². The number of hydrogen-bond acceptors (Lipinski definition) is 6. The van der Waals surface area contributed by atoms with Crippen molar-refractivity contribution in [2.75, 3.05) is 17.7 Å². The van der Waals surface area contributed by atoms with Crippen LogP contribution in [0.5, 0.6) is 0 Å². The minimum absolute atomic E-state index is 0.291. The number of fused-ring (bicyclic) bond motifs is 1. The second kappa shape index (κ2) is 5.96. The largest absolute Gasteiger partial charge is 0.467 e. The van der Waals surface area contributed by atoms with Gasteiger partial charge in [-0.3, -0.25) is 4.79 Å². The molecule has 1 aromatic rings. The van der Waals surface area contributed by atoms with Crippen molar-refractivity contribution in [2.45, 2.75) is 44.1 Å². The van der Waals surface area contributed by atoms with E-state index in [0.29, 0.717) is 29.8 Å². The van der Waals surface area contributed by atoms with E-state index in [4.69, 9.17) is 9.68 Å². The van der Waals surface area contributed by atoms with Gasteiger partial charge in [-0.1, -0.05) is 31.7 Å². The third kappa shape index (κ3) is 2.23. The van der Waals surface area contributed by atoms with Crippen LogP contribution in [0.15, 0.2) is 18.2 Å². The van der Waals surface area contributed by atoms with E-state index in [0.717, 1.165) is 32.0 Å². The summed E-state index contributed by atoms with van der Waals surface area (Å²) < 4.78 is 5.07. The van der Waals surface area contributed by atoms with Gasteiger partial charge in [0.25, 0.3) is 0 Å². The highest BCUT2D eigenvalue weighted by atomic mass is 16.8. The van der Waals surface area contributed by atoms with Crippen molar-refractivity contribution in [1.82, 2.24) is 0 Å². The van der Waals surface area contributed by atoms with Gasteiger partial charge in [-0.25, -0.2) is 15.3 Å². The van der Waals surface area contributed by atoms with Crippen LogP contribution in [0, 0.1) is 0 Å². The fraction of sp³-hybridized carbons (Fsp3) is 0.500. The first-order chi connectivity index (χ1) is 10.7. The number of ether oxygens (including phenoxy) is 1. The maximum Gasteiger partial charge on any atom is 0.334 e. The van der Waals surface area contributed by atoms with Crippen LogP contribution in [0.1, 0.15) is 48.9 Å². The van der Waals surface area contributed by atoms with Crippen LogP contribution in [0.4, 0.5) is 11.4 Å². The third-order valence-electron chi connectivity index (χ3n) is 4.54. The smallest absolute Gasteiger partial charge is 0.334 e. The second-order valence-electron chi connectivity index (χ2n) is 5.78. The Labute approximate surface area is 129 Å². The zero-order valence-corrected chi connectivity index (χ0v) is 12.6. The molecule has 0 saturated heterocycles. The van der Waals surface area contributed by atoms with Crippen LogP contribution in [-0.2, 0) is 14.5 Å². The summed E-state index contributed by atoms with van der Waals surface area (Å²) in [5.74, 6) is -0.291. The first-order valence-electron chi connectivity index (χ1n) is 7.63. The minimum Gasteiger partial charge on any atom is -0.467 e. The molecule has 118 valence electrons. The molecule has 0 aromatic heterocycles. The predicted octanol–water partition coefficient (Wildman–Crippen LogP) is 2.84. The lowest BCUT2D eigenvalue weighted by atomic mass is 9.89. The molecule has 2 aliphatic rings. The number of nitrogens with one attached hydrogen (secondary N) is 1. The van der Waals surface area contributed by atoms with Crippen molar-refractivity contribution in [3.63, 3.8) is 0 Å². The van der Waals surface area contributed by atoms with Crippen molar-refractivity contribution in [2.24, 2.45) is 0 Å². The Hall–Kier alpha value is -2.08. The normalized spacial score (nSPS) is 19.8. The number of para-hydroxylation sites is 1. The van der Waals surface area contributed by atoms with Crippen molar-refractivity contribution in [3.05, 3.63) is 23.8 Å². The quantitative estimate of drug-likeness (QED) is 0.526. The number of carbonyl (C=O) groups is 2. The molecule has 0 atom stereocenters. The molecule has 1 aromatic carbocycles. The molecule has 6 nitrogen and oxygen atoms in total. The fourth-order valence-electron chi connectivity index (χ4n) is 3.39. The lowest BCUT2D eigenvalue weighted by Crippen LogP contribution is -2.54. The van der Waals surface area contributed by atoms with Gasteiger partial charge in [0.1, 0.15) is 0 Å². The SMILES string of the molecule is COC(=O)C1(N2ONc3c(C=O)cccc32)CCCCCC1. The molecule has 1 saturated carbocycles. The van der Waals surface area contributed by atoms with E-state index in [-0.39, 0.29) is 5.97 Å². The third-order valence-corrected chi connectivity index (χ3v) is 4.54.